The SMILES string of the molecule is Cc1cc(C(N)=O)ccc1NC(=O)C1C2CCC(C2)C1N. The van der Waals surface area contributed by atoms with Crippen LogP contribution in [-0.4, -0.2) is 17.9 Å². The van der Waals surface area contributed by atoms with E-state index in [4.69, 9.17) is 11.5 Å². The van der Waals surface area contributed by atoms with Crippen molar-refractivity contribution in [2.45, 2.75) is 32.2 Å². The predicted molar refractivity (Wildman–Crippen MR) is 80.6 cm³/mol. The highest BCUT2D eigenvalue weighted by Gasteiger charge is 2.49. The number of benzene rings is 1. The first-order valence-corrected chi connectivity index (χ1v) is 7.44. The fraction of sp³-hybridized carbons (Fsp3) is 0.500. The van der Waals surface area contributed by atoms with Crippen molar-refractivity contribution in [3.8, 4) is 0 Å². The molecule has 0 spiro atoms. The first-order chi connectivity index (χ1) is 9.97. The van der Waals surface area contributed by atoms with Gasteiger partial charge >= 0.3 is 0 Å². The molecule has 1 aromatic rings. The molecule has 0 aromatic heterocycles. The largest absolute Gasteiger partial charge is 0.366 e. The minimum absolute atomic E-state index is 0.00428. The van der Waals surface area contributed by atoms with Gasteiger partial charge in [-0.3, -0.25) is 9.59 Å². The summed E-state index contributed by atoms with van der Waals surface area (Å²) in [5.41, 5.74) is 13.4. The molecule has 2 aliphatic rings. The lowest BCUT2D eigenvalue weighted by atomic mass is 9.84. The molecule has 112 valence electrons. The second-order valence-corrected chi connectivity index (χ2v) is 6.32. The lowest BCUT2D eigenvalue weighted by Crippen LogP contribution is -2.42. The van der Waals surface area contributed by atoms with Gasteiger partial charge in [0.15, 0.2) is 0 Å². The molecule has 1 aromatic carbocycles. The van der Waals surface area contributed by atoms with E-state index < -0.39 is 5.91 Å². The average Bonchev–Trinajstić information content (AvgIpc) is 3.01. The van der Waals surface area contributed by atoms with Gasteiger partial charge in [-0.15, -0.1) is 0 Å². The maximum Gasteiger partial charge on any atom is 0.248 e. The third-order valence-corrected chi connectivity index (χ3v) is 5.05. The van der Waals surface area contributed by atoms with Crippen LogP contribution in [0.25, 0.3) is 0 Å². The molecule has 21 heavy (non-hydrogen) atoms. The highest BCUT2D eigenvalue weighted by Crippen LogP contribution is 2.47. The summed E-state index contributed by atoms with van der Waals surface area (Å²) >= 11 is 0. The molecule has 0 heterocycles. The van der Waals surface area contributed by atoms with E-state index in [0.29, 0.717) is 17.4 Å². The van der Waals surface area contributed by atoms with Gasteiger partial charge in [-0.05, 0) is 61.8 Å². The van der Waals surface area contributed by atoms with E-state index in [9.17, 15) is 9.59 Å². The van der Waals surface area contributed by atoms with E-state index in [1.165, 1.54) is 0 Å². The summed E-state index contributed by atoms with van der Waals surface area (Å²) in [5, 5.41) is 2.96. The van der Waals surface area contributed by atoms with Crippen LogP contribution in [0.1, 0.15) is 35.2 Å². The Bertz CT molecular complexity index is 597. The predicted octanol–water partition coefficient (Wildman–Crippen LogP) is 1.41. The fourth-order valence-electron chi connectivity index (χ4n) is 3.90. The lowest BCUT2D eigenvalue weighted by Gasteiger charge is -2.27. The minimum Gasteiger partial charge on any atom is -0.366 e. The number of nitrogens with one attached hydrogen (secondary N) is 1. The molecule has 5 nitrogen and oxygen atoms in total. The summed E-state index contributed by atoms with van der Waals surface area (Å²) in [6, 6.07) is 5.03. The fourth-order valence-corrected chi connectivity index (χ4v) is 3.90. The Morgan fingerprint density at radius 2 is 1.95 bits per heavy atom. The standard InChI is InChI=1S/C16H21N3O2/c1-8-6-11(15(18)20)4-5-12(8)19-16(21)13-9-2-3-10(7-9)14(13)17/h4-6,9-10,13-14H,2-3,7,17H2,1H3,(H2,18,20)(H,19,21). The van der Waals surface area contributed by atoms with Crippen LogP contribution in [0.3, 0.4) is 0 Å². The van der Waals surface area contributed by atoms with E-state index in [2.05, 4.69) is 5.32 Å². The van der Waals surface area contributed by atoms with Crippen molar-refractivity contribution in [2.75, 3.05) is 5.32 Å². The Balaban J connectivity index is 1.75. The summed E-state index contributed by atoms with van der Waals surface area (Å²) in [6.45, 7) is 1.85. The summed E-state index contributed by atoms with van der Waals surface area (Å²) in [4.78, 5) is 23.6. The second kappa shape index (κ2) is 5.15. The van der Waals surface area contributed by atoms with Crippen LogP contribution in [0, 0.1) is 24.7 Å². The number of anilines is 1. The van der Waals surface area contributed by atoms with Crippen LogP contribution >= 0.6 is 0 Å². The zero-order valence-electron chi connectivity index (χ0n) is 12.1. The number of hydrogen-bond donors (Lipinski definition) is 3. The van der Waals surface area contributed by atoms with E-state index in [1.807, 2.05) is 6.92 Å². The van der Waals surface area contributed by atoms with Gasteiger partial charge in [-0.25, -0.2) is 0 Å². The minimum atomic E-state index is -0.467. The molecule has 2 fully saturated rings. The van der Waals surface area contributed by atoms with E-state index in [1.54, 1.807) is 18.2 Å². The molecule has 5 heteroatoms. The van der Waals surface area contributed by atoms with Crippen molar-refractivity contribution >= 4 is 17.5 Å². The van der Waals surface area contributed by atoms with Crippen LogP contribution in [0.4, 0.5) is 5.69 Å². The van der Waals surface area contributed by atoms with Gasteiger partial charge in [0.25, 0.3) is 0 Å². The van der Waals surface area contributed by atoms with Gasteiger partial charge in [-0.1, -0.05) is 0 Å². The van der Waals surface area contributed by atoms with Gasteiger partial charge in [0.1, 0.15) is 0 Å². The number of primary amides is 1. The summed E-state index contributed by atoms with van der Waals surface area (Å²) in [6.07, 6.45) is 3.34. The van der Waals surface area contributed by atoms with Gasteiger partial charge in [0, 0.05) is 17.3 Å². The van der Waals surface area contributed by atoms with Crippen LogP contribution in [0.15, 0.2) is 18.2 Å². The van der Waals surface area contributed by atoms with Gasteiger partial charge in [0.05, 0.1) is 5.92 Å². The number of carbonyl (C=O) groups is 2. The second-order valence-electron chi connectivity index (χ2n) is 6.32. The highest BCUT2D eigenvalue weighted by molar-refractivity contribution is 5.96. The number of rotatable bonds is 3. The lowest BCUT2D eigenvalue weighted by molar-refractivity contribution is -0.121. The average molecular weight is 287 g/mol. The van der Waals surface area contributed by atoms with Crippen LogP contribution in [0.5, 0.6) is 0 Å². The Morgan fingerprint density at radius 3 is 2.52 bits per heavy atom. The zero-order valence-corrected chi connectivity index (χ0v) is 12.1. The molecule has 4 unspecified atom stereocenters. The van der Waals surface area contributed by atoms with E-state index >= 15 is 0 Å². The van der Waals surface area contributed by atoms with Crippen LogP contribution in [0.2, 0.25) is 0 Å². The van der Waals surface area contributed by atoms with Crippen molar-refractivity contribution < 1.29 is 9.59 Å². The number of hydrogen-bond acceptors (Lipinski definition) is 3. The third kappa shape index (κ3) is 2.42. The molecule has 4 atom stereocenters. The summed E-state index contributed by atoms with van der Waals surface area (Å²) in [7, 11) is 0. The van der Waals surface area contributed by atoms with Crippen molar-refractivity contribution in [1.82, 2.24) is 0 Å². The first-order valence-electron chi connectivity index (χ1n) is 7.44. The first kappa shape index (κ1) is 14.1. The maximum atomic E-state index is 12.5. The van der Waals surface area contributed by atoms with Crippen LogP contribution in [-0.2, 0) is 4.79 Å². The van der Waals surface area contributed by atoms with Crippen molar-refractivity contribution in [1.29, 1.82) is 0 Å². The molecule has 3 rings (SSSR count). The number of nitrogens with two attached hydrogens (primary N) is 2. The van der Waals surface area contributed by atoms with E-state index in [0.717, 1.165) is 30.5 Å². The third-order valence-electron chi connectivity index (χ3n) is 5.05. The topological polar surface area (TPSA) is 98.2 Å². The van der Waals surface area contributed by atoms with E-state index in [-0.39, 0.29) is 17.9 Å². The molecule has 5 N–H and O–H groups in total. The maximum absolute atomic E-state index is 12.5. The number of aryl methyl sites for hydroxylation is 1. The number of amides is 2. The van der Waals surface area contributed by atoms with Gasteiger partial charge in [0.2, 0.25) is 11.8 Å². The quantitative estimate of drug-likeness (QED) is 0.783. The normalized spacial score (nSPS) is 30.4. The Labute approximate surface area is 124 Å². The smallest absolute Gasteiger partial charge is 0.248 e. The number of carbonyl (C=O) groups excluding carboxylic acids is 2. The highest BCUT2D eigenvalue weighted by atomic mass is 16.2. The monoisotopic (exact) mass is 287 g/mol. The molecular weight excluding hydrogens is 266 g/mol. The zero-order chi connectivity index (χ0) is 15.1. The molecule has 0 saturated heterocycles. The molecular formula is C16H21N3O2. The Morgan fingerprint density at radius 1 is 1.24 bits per heavy atom. The van der Waals surface area contributed by atoms with Crippen LogP contribution < -0.4 is 16.8 Å². The summed E-state index contributed by atoms with van der Waals surface area (Å²) < 4.78 is 0. The van der Waals surface area contributed by atoms with Crippen molar-refractivity contribution in [2.24, 2.45) is 29.2 Å². The Hall–Kier alpha value is -1.88. The molecule has 2 amide bonds. The van der Waals surface area contributed by atoms with Gasteiger partial charge in [-0.2, -0.15) is 0 Å². The van der Waals surface area contributed by atoms with Crippen molar-refractivity contribution in [3.05, 3.63) is 29.3 Å². The molecule has 0 aliphatic heterocycles. The van der Waals surface area contributed by atoms with Crippen molar-refractivity contribution in [3.63, 3.8) is 0 Å². The number of fused-ring (bicyclic) bond motifs is 2. The molecule has 0 radical (unpaired) electrons. The molecule has 2 bridgehead atoms. The Kier molecular flexibility index (Phi) is 3.45. The molecule has 2 aliphatic carbocycles. The molecule has 2 saturated carbocycles. The summed E-state index contributed by atoms with van der Waals surface area (Å²) in [5.74, 6) is 0.383. The van der Waals surface area contributed by atoms with Gasteiger partial charge < -0.3 is 16.8 Å².